The monoisotopic (exact) mass is 238 g/mol. The lowest BCUT2D eigenvalue weighted by atomic mass is 10.2. The first kappa shape index (κ1) is 11.3. The van der Waals surface area contributed by atoms with Crippen molar-refractivity contribution in [3.8, 4) is 17.1 Å². The molecule has 0 aliphatic rings. The van der Waals surface area contributed by atoms with Crippen LogP contribution in [0.25, 0.3) is 11.4 Å². The number of aromatic nitrogens is 2. The highest BCUT2D eigenvalue weighted by Crippen LogP contribution is 2.27. The molecule has 0 radical (unpaired) electrons. The molecule has 1 heterocycles. The lowest BCUT2D eigenvalue weighted by Gasteiger charge is -2.05. The smallest absolute Gasteiger partial charge is 0.170 e. The predicted octanol–water partition coefficient (Wildman–Crippen LogP) is 2.18. The van der Waals surface area contributed by atoms with Crippen molar-refractivity contribution in [3.63, 3.8) is 0 Å². The molecule has 0 saturated heterocycles. The maximum Gasteiger partial charge on any atom is 0.170 e. The van der Waals surface area contributed by atoms with Crippen molar-refractivity contribution in [1.82, 2.24) is 9.97 Å². The molecule has 0 fully saturated rings. The lowest BCUT2D eigenvalue weighted by Crippen LogP contribution is -1.94. The summed E-state index contributed by atoms with van der Waals surface area (Å²) in [6.07, 6.45) is 1.75. The van der Waals surface area contributed by atoms with Crippen LogP contribution in [0.5, 0.6) is 5.75 Å². The molecule has 0 unspecified atom stereocenters. The average Bonchev–Trinajstić information content (AvgIpc) is 2.76. The Hall–Kier alpha value is -2.24. The molecule has 6 heteroatoms. The molecule has 0 saturated carbocycles. The van der Waals surface area contributed by atoms with Crippen LogP contribution in [0.3, 0.4) is 0 Å². The third kappa shape index (κ3) is 2.01. The Balaban J connectivity index is 2.55. The molecule has 4 nitrogen and oxygen atoms in total. The van der Waals surface area contributed by atoms with E-state index >= 15 is 0 Å². The third-order valence-corrected chi connectivity index (χ3v) is 2.21. The number of methoxy groups -OCH3 is 1. The number of aldehydes is 1. The van der Waals surface area contributed by atoms with E-state index in [1.54, 1.807) is 0 Å². The quantitative estimate of drug-likeness (QED) is 0.834. The molecular weight excluding hydrogens is 230 g/mol. The highest BCUT2D eigenvalue weighted by Gasteiger charge is 2.16. The molecule has 2 rings (SSSR count). The van der Waals surface area contributed by atoms with E-state index in [-0.39, 0.29) is 22.8 Å². The van der Waals surface area contributed by atoms with Gasteiger partial charge in [-0.25, -0.2) is 13.8 Å². The number of H-pyrrole nitrogens is 1. The van der Waals surface area contributed by atoms with Crippen LogP contribution in [0.1, 0.15) is 10.5 Å². The first-order chi connectivity index (χ1) is 8.15. The SMILES string of the molecule is COc1cc(F)c(-c2nc(C=O)c[nH]2)c(F)c1. The molecule has 1 aromatic carbocycles. The number of aromatic amines is 1. The third-order valence-electron chi connectivity index (χ3n) is 2.21. The second-order valence-electron chi connectivity index (χ2n) is 3.26. The van der Waals surface area contributed by atoms with Crippen molar-refractivity contribution in [3.05, 3.63) is 35.7 Å². The summed E-state index contributed by atoms with van der Waals surface area (Å²) in [5, 5.41) is 0. The zero-order chi connectivity index (χ0) is 12.4. The van der Waals surface area contributed by atoms with E-state index in [0.717, 1.165) is 12.1 Å². The standard InChI is InChI=1S/C11H8F2N2O2/c1-17-7-2-8(12)10(9(13)3-7)11-14-4-6(5-16)15-11/h2-5H,1H3,(H,14,15). The number of rotatable bonds is 3. The zero-order valence-electron chi connectivity index (χ0n) is 8.83. The van der Waals surface area contributed by atoms with E-state index in [1.807, 2.05) is 0 Å². The fourth-order valence-corrected chi connectivity index (χ4v) is 1.42. The minimum Gasteiger partial charge on any atom is -0.497 e. The van der Waals surface area contributed by atoms with Gasteiger partial charge in [-0.05, 0) is 0 Å². The van der Waals surface area contributed by atoms with Crippen molar-refractivity contribution >= 4 is 6.29 Å². The van der Waals surface area contributed by atoms with Crippen molar-refractivity contribution in [2.75, 3.05) is 7.11 Å². The first-order valence-corrected chi connectivity index (χ1v) is 4.69. The molecule has 0 aliphatic heterocycles. The molecule has 0 aliphatic carbocycles. The number of nitrogens with one attached hydrogen (secondary N) is 1. The normalized spacial score (nSPS) is 10.3. The van der Waals surface area contributed by atoms with Crippen molar-refractivity contribution in [2.24, 2.45) is 0 Å². The molecule has 1 aromatic heterocycles. The predicted molar refractivity (Wildman–Crippen MR) is 55.9 cm³/mol. The van der Waals surface area contributed by atoms with E-state index in [9.17, 15) is 13.6 Å². The number of nitrogens with zero attached hydrogens (tertiary/aromatic N) is 1. The van der Waals surface area contributed by atoms with Crippen molar-refractivity contribution in [2.45, 2.75) is 0 Å². The van der Waals surface area contributed by atoms with Gasteiger partial charge in [0.25, 0.3) is 0 Å². The summed E-state index contributed by atoms with van der Waals surface area (Å²) in [5.74, 6) is -1.59. The molecule has 17 heavy (non-hydrogen) atoms. The summed E-state index contributed by atoms with van der Waals surface area (Å²) in [5.41, 5.74) is -0.242. The molecule has 88 valence electrons. The molecule has 2 aromatic rings. The van der Waals surface area contributed by atoms with Crippen LogP contribution in [0.2, 0.25) is 0 Å². The summed E-state index contributed by atoms with van der Waals surface area (Å²) in [6.45, 7) is 0. The Labute approximate surface area is 95.3 Å². The van der Waals surface area contributed by atoms with Gasteiger partial charge in [-0.1, -0.05) is 0 Å². The number of imidazole rings is 1. The van der Waals surface area contributed by atoms with Crippen LogP contribution >= 0.6 is 0 Å². The second kappa shape index (κ2) is 4.32. The minimum atomic E-state index is -0.811. The topological polar surface area (TPSA) is 55.0 Å². The summed E-state index contributed by atoms with van der Waals surface area (Å²) in [7, 11) is 1.31. The van der Waals surface area contributed by atoms with Gasteiger partial charge in [0.2, 0.25) is 0 Å². The number of halogens is 2. The number of hydrogen-bond acceptors (Lipinski definition) is 3. The average molecular weight is 238 g/mol. The van der Waals surface area contributed by atoms with Gasteiger partial charge in [0.15, 0.2) is 6.29 Å². The molecule has 0 bridgehead atoms. The molecule has 0 spiro atoms. The molecule has 1 N–H and O–H groups in total. The van der Waals surface area contributed by atoms with Crippen molar-refractivity contribution in [1.29, 1.82) is 0 Å². The van der Waals surface area contributed by atoms with Gasteiger partial charge in [0, 0.05) is 18.3 Å². The van der Waals surface area contributed by atoms with Gasteiger partial charge in [0.1, 0.15) is 28.9 Å². The summed E-state index contributed by atoms with van der Waals surface area (Å²) in [6, 6.07) is 2.09. The number of carbonyl (C=O) groups excluding carboxylic acids is 1. The van der Waals surface area contributed by atoms with Crippen molar-refractivity contribution < 1.29 is 18.3 Å². The maximum atomic E-state index is 13.6. The van der Waals surface area contributed by atoms with E-state index in [2.05, 4.69) is 9.97 Å². The number of carbonyl (C=O) groups is 1. The van der Waals surface area contributed by atoms with Crippen LogP contribution in [0.4, 0.5) is 8.78 Å². The Bertz CT molecular complexity index is 543. The van der Waals surface area contributed by atoms with Gasteiger partial charge in [0.05, 0.1) is 12.7 Å². The van der Waals surface area contributed by atoms with Gasteiger partial charge >= 0.3 is 0 Å². The van der Waals surface area contributed by atoms with Gasteiger partial charge in [-0.2, -0.15) is 0 Å². The Morgan fingerprint density at radius 1 is 1.35 bits per heavy atom. The van der Waals surface area contributed by atoms with Crippen LogP contribution < -0.4 is 4.74 Å². The van der Waals surface area contributed by atoms with E-state index in [0.29, 0.717) is 6.29 Å². The summed E-state index contributed by atoms with van der Waals surface area (Å²) < 4.78 is 32.0. The number of hydrogen-bond donors (Lipinski definition) is 1. The summed E-state index contributed by atoms with van der Waals surface area (Å²) >= 11 is 0. The molecule has 0 atom stereocenters. The van der Waals surface area contributed by atoms with Crippen LogP contribution in [0.15, 0.2) is 18.3 Å². The van der Waals surface area contributed by atoms with Gasteiger partial charge in [-0.15, -0.1) is 0 Å². The van der Waals surface area contributed by atoms with E-state index in [4.69, 9.17) is 4.74 Å². The van der Waals surface area contributed by atoms with Crippen LogP contribution in [-0.4, -0.2) is 23.4 Å². The number of ether oxygens (including phenoxy) is 1. The maximum absolute atomic E-state index is 13.6. The molecular formula is C11H8F2N2O2. The van der Waals surface area contributed by atoms with Crippen LogP contribution in [-0.2, 0) is 0 Å². The lowest BCUT2D eigenvalue weighted by molar-refractivity contribution is 0.111. The highest BCUT2D eigenvalue weighted by molar-refractivity contribution is 5.73. The summed E-state index contributed by atoms with van der Waals surface area (Å²) in [4.78, 5) is 16.7. The van der Waals surface area contributed by atoms with Gasteiger partial charge in [-0.3, -0.25) is 4.79 Å². The van der Waals surface area contributed by atoms with E-state index < -0.39 is 11.6 Å². The highest BCUT2D eigenvalue weighted by atomic mass is 19.1. The fourth-order valence-electron chi connectivity index (χ4n) is 1.42. The minimum absolute atomic E-state index is 0.0373. The zero-order valence-corrected chi connectivity index (χ0v) is 8.83. The first-order valence-electron chi connectivity index (χ1n) is 4.69. The second-order valence-corrected chi connectivity index (χ2v) is 3.26. The van der Waals surface area contributed by atoms with Gasteiger partial charge < -0.3 is 9.72 Å². The van der Waals surface area contributed by atoms with E-state index in [1.165, 1.54) is 13.3 Å². The fraction of sp³-hybridized carbons (Fsp3) is 0.0909. The Morgan fingerprint density at radius 3 is 2.47 bits per heavy atom. The Morgan fingerprint density at radius 2 is 2.00 bits per heavy atom. The largest absolute Gasteiger partial charge is 0.497 e. The molecule has 0 amide bonds. The Kier molecular flexibility index (Phi) is 2.86. The number of benzene rings is 1. The van der Waals surface area contributed by atoms with Crippen LogP contribution in [0, 0.1) is 11.6 Å².